The van der Waals surface area contributed by atoms with E-state index < -0.39 is 6.04 Å². The topological polar surface area (TPSA) is 113 Å². The van der Waals surface area contributed by atoms with E-state index in [0.29, 0.717) is 11.6 Å². The number of amides is 2. The maximum Gasteiger partial charge on any atom is 0.249 e. The lowest BCUT2D eigenvalue weighted by molar-refractivity contribution is -0.151. The number of benzene rings is 1. The summed E-state index contributed by atoms with van der Waals surface area (Å²) < 4.78 is 4.91. The van der Waals surface area contributed by atoms with E-state index in [1.165, 1.54) is 0 Å². The second-order valence-electron chi connectivity index (χ2n) is 7.12. The number of hydrogen-bond acceptors (Lipinski definition) is 7. The molecule has 0 aliphatic carbocycles. The van der Waals surface area contributed by atoms with Gasteiger partial charge in [0.2, 0.25) is 11.8 Å². The zero-order valence-electron chi connectivity index (χ0n) is 15.2. The van der Waals surface area contributed by atoms with E-state index in [2.05, 4.69) is 25.9 Å². The van der Waals surface area contributed by atoms with E-state index in [1.807, 2.05) is 38.1 Å². The predicted molar refractivity (Wildman–Crippen MR) is 97.9 cm³/mol. The standard InChI is InChI=1S/C17H20N6O3S/c1-17(2)13(14-19-21-22-20-14)23-15(25)12(16(23)27-17)18-11(24)8-9-5-4-6-10(7-9)26-3/h4-7,12-13,16H,8H2,1-3H3,(H,18,24)(H,19,20,21,22). The van der Waals surface area contributed by atoms with Gasteiger partial charge in [-0.3, -0.25) is 9.59 Å². The number of methoxy groups -OCH3 is 1. The molecule has 9 nitrogen and oxygen atoms in total. The summed E-state index contributed by atoms with van der Waals surface area (Å²) in [5, 5.41) is 16.7. The van der Waals surface area contributed by atoms with Crippen molar-refractivity contribution in [2.24, 2.45) is 0 Å². The molecule has 2 amide bonds. The SMILES string of the molecule is COc1cccc(CC(=O)NC2C(=O)N3C2SC(C)(C)C3c2nnn[nH]2)c1. The van der Waals surface area contributed by atoms with Crippen molar-refractivity contribution in [2.45, 2.75) is 42.5 Å². The number of aromatic amines is 1. The summed E-state index contributed by atoms with van der Waals surface area (Å²) in [6.45, 7) is 4.09. The summed E-state index contributed by atoms with van der Waals surface area (Å²) in [6.07, 6.45) is 0.192. The van der Waals surface area contributed by atoms with Crippen LogP contribution in [0.15, 0.2) is 24.3 Å². The number of hydrogen-bond donors (Lipinski definition) is 2. The average molecular weight is 388 g/mol. The van der Waals surface area contributed by atoms with Crippen LogP contribution in [0.25, 0.3) is 0 Å². The Hall–Kier alpha value is -2.62. The third-order valence-electron chi connectivity index (χ3n) is 4.88. The summed E-state index contributed by atoms with van der Waals surface area (Å²) in [6, 6.07) is 6.55. The van der Waals surface area contributed by atoms with Crippen molar-refractivity contribution in [1.82, 2.24) is 30.8 Å². The van der Waals surface area contributed by atoms with Crippen LogP contribution in [0.2, 0.25) is 0 Å². The summed E-state index contributed by atoms with van der Waals surface area (Å²) >= 11 is 1.64. The monoisotopic (exact) mass is 388 g/mol. The molecule has 3 unspecified atom stereocenters. The number of ether oxygens (including phenoxy) is 1. The Balaban J connectivity index is 1.44. The van der Waals surface area contributed by atoms with Crippen LogP contribution in [0, 0.1) is 0 Å². The van der Waals surface area contributed by atoms with E-state index in [1.54, 1.807) is 23.8 Å². The zero-order valence-corrected chi connectivity index (χ0v) is 16.0. The smallest absolute Gasteiger partial charge is 0.249 e. The second kappa shape index (κ2) is 6.52. The summed E-state index contributed by atoms with van der Waals surface area (Å²) in [7, 11) is 1.58. The number of nitrogens with zero attached hydrogens (tertiary/aromatic N) is 4. The number of β-lactam (4-membered cyclic amide) rings is 1. The molecule has 2 aliphatic rings. The van der Waals surface area contributed by atoms with E-state index in [-0.39, 0.29) is 34.4 Å². The lowest BCUT2D eigenvalue weighted by atomic mass is 9.95. The number of aromatic nitrogens is 4. The van der Waals surface area contributed by atoms with Crippen LogP contribution in [0.4, 0.5) is 0 Å². The maximum atomic E-state index is 12.7. The molecule has 2 aromatic rings. The molecule has 0 saturated carbocycles. The quantitative estimate of drug-likeness (QED) is 0.724. The van der Waals surface area contributed by atoms with E-state index in [9.17, 15) is 9.59 Å². The third kappa shape index (κ3) is 3.03. The van der Waals surface area contributed by atoms with Crippen LogP contribution in [0.3, 0.4) is 0 Å². The number of tetrazole rings is 1. The predicted octanol–water partition coefficient (Wildman–Crippen LogP) is 0.671. The highest BCUT2D eigenvalue weighted by Gasteiger charge is 2.63. The minimum absolute atomic E-state index is 0.113. The minimum Gasteiger partial charge on any atom is -0.497 e. The van der Waals surface area contributed by atoms with Gasteiger partial charge >= 0.3 is 0 Å². The first-order valence-electron chi connectivity index (χ1n) is 8.56. The Morgan fingerprint density at radius 2 is 2.26 bits per heavy atom. The molecule has 0 spiro atoms. The van der Waals surface area contributed by atoms with Gasteiger partial charge in [0.1, 0.15) is 23.2 Å². The molecule has 1 aromatic heterocycles. The van der Waals surface area contributed by atoms with Crippen LogP contribution in [0.5, 0.6) is 5.75 Å². The van der Waals surface area contributed by atoms with Crippen molar-refractivity contribution in [2.75, 3.05) is 7.11 Å². The van der Waals surface area contributed by atoms with Gasteiger partial charge in [-0.25, -0.2) is 5.10 Å². The Kier molecular flexibility index (Phi) is 4.29. The lowest BCUT2D eigenvalue weighted by Gasteiger charge is -2.44. The number of thioether (sulfide) groups is 1. The Bertz CT molecular complexity index is 871. The second-order valence-corrected chi connectivity index (χ2v) is 8.89. The highest BCUT2D eigenvalue weighted by atomic mass is 32.2. The molecule has 2 aliphatic heterocycles. The van der Waals surface area contributed by atoms with Crippen LogP contribution in [-0.4, -0.2) is 60.6 Å². The highest BCUT2D eigenvalue weighted by Crippen LogP contribution is 2.56. The molecule has 2 fully saturated rings. The average Bonchev–Trinajstić information content (AvgIpc) is 3.24. The molecule has 2 N–H and O–H groups in total. The molecule has 10 heteroatoms. The van der Waals surface area contributed by atoms with Crippen molar-refractivity contribution in [3.05, 3.63) is 35.7 Å². The zero-order chi connectivity index (χ0) is 19.2. The number of fused-ring (bicyclic) bond motifs is 1. The van der Waals surface area contributed by atoms with Crippen LogP contribution in [-0.2, 0) is 16.0 Å². The lowest BCUT2D eigenvalue weighted by Crippen LogP contribution is -2.68. The largest absolute Gasteiger partial charge is 0.497 e. The van der Waals surface area contributed by atoms with Gasteiger partial charge in [-0.1, -0.05) is 12.1 Å². The molecule has 0 bridgehead atoms. The molecular formula is C17H20N6O3S. The van der Waals surface area contributed by atoms with Gasteiger partial charge in [0.25, 0.3) is 0 Å². The molecule has 1 aromatic carbocycles. The molecule has 2 saturated heterocycles. The fourth-order valence-electron chi connectivity index (χ4n) is 3.66. The van der Waals surface area contributed by atoms with Crippen molar-refractivity contribution in [3.8, 4) is 5.75 Å². The Labute approximate surface area is 160 Å². The van der Waals surface area contributed by atoms with Crippen LogP contribution >= 0.6 is 11.8 Å². The Morgan fingerprint density at radius 3 is 2.96 bits per heavy atom. The number of H-pyrrole nitrogens is 1. The van der Waals surface area contributed by atoms with Gasteiger partial charge in [-0.15, -0.1) is 16.9 Å². The fraction of sp³-hybridized carbons (Fsp3) is 0.471. The van der Waals surface area contributed by atoms with Gasteiger partial charge in [0, 0.05) is 4.75 Å². The third-order valence-corrected chi connectivity index (χ3v) is 6.45. The van der Waals surface area contributed by atoms with Crippen LogP contribution in [0.1, 0.15) is 31.3 Å². The molecule has 142 valence electrons. The minimum atomic E-state index is -0.534. The molecule has 3 heterocycles. The van der Waals surface area contributed by atoms with Crippen molar-refractivity contribution < 1.29 is 14.3 Å². The van der Waals surface area contributed by atoms with E-state index in [4.69, 9.17) is 4.74 Å². The summed E-state index contributed by atoms with van der Waals surface area (Å²) in [4.78, 5) is 26.9. The van der Waals surface area contributed by atoms with Crippen molar-refractivity contribution in [3.63, 3.8) is 0 Å². The fourth-order valence-corrected chi connectivity index (χ4v) is 5.30. The van der Waals surface area contributed by atoms with Gasteiger partial charge < -0.3 is 15.0 Å². The van der Waals surface area contributed by atoms with Gasteiger partial charge in [0.05, 0.1) is 13.5 Å². The number of rotatable bonds is 5. The number of nitrogens with one attached hydrogen (secondary N) is 2. The van der Waals surface area contributed by atoms with Gasteiger partial charge in [0.15, 0.2) is 5.82 Å². The van der Waals surface area contributed by atoms with Crippen molar-refractivity contribution >= 4 is 23.6 Å². The summed E-state index contributed by atoms with van der Waals surface area (Å²) in [5.74, 6) is 0.954. The summed E-state index contributed by atoms with van der Waals surface area (Å²) in [5.41, 5.74) is 0.834. The first kappa shape index (κ1) is 17.8. The Morgan fingerprint density at radius 1 is 1.44 bits per heavy atom. The molecule has 27 heavy (non-hydrogen) atoms. The van der Waals surface area contributed by atoms with E-state index in [0.717, 1.165) is 5.56 Å². The molecule has 4 rings (SSSR count). The van der Waals surface area contributed by atoms with Crippen LogP contribution < -0.4 is 10.1 Å². The normalized spacial score (nSPS) is 25.7. The van der Waals surface area contributed by atoms with Gasteiger partial charge in [-0.2, -0.15) is 0 Å². The molecular weight excluding hydrogens is 368 g/mol. The first-order chi connectivity index (χ1) is 12.9. The van der Waals surface area contributed by atoms with E-state index >= 15 is 0 Å². The van der Waals surface area contributed by atoms with Gasteiger partial charge in [-0.05, 0) is 42.0 Å². The van der Waals surface area contributed by atoms with Crippen molar-refractivity contribution in [1.29, 1.82) is 0 Å². The molecule has 3 atom stereocenters. The first-order valence-corrected chi connectivity index (χ1v) is 9.44. The number of carbonyl (C=O) groups excluding carboxylic acids is 2. The highest BCUT2D eigenvalue weighted by molar-refractivity contribution is 8.01. The number of carbonyl (C=O) groups is 2. The maximum absolute atomic E-state index is 12.7. The molecule has 0 radical (unpaired) electrons.